The molecule has 0 spiro atoms. The molecule has 0 aliphatic carbocycles. The molecule has 0 aromatic heterocycles. The van der Waals surface area contributed by atoms with Crippen molar-refractivity contribution < 1.29 is 19.4 Å². The number of ether oxygens (including phenoxy) is 2. The number of aromatic carboxylic acids is 1. The molecule has 0 aliphatic heterocycles. The summed E-state index contributed by atoms with van der Waals surface area (Å²) < 4.78 is 10.1. The van der Waals surface area contributed by atoms with Crippen LogP contribution in [0.1, 0.15) is 57.0 Å². The number of rotatable bonds is 6. The number of carboxylic acids is 1. The maximum Gasteiger partial charge on any atom is 0.339 e. The van der Waals surface area contributed by atoms with Gasteiger partial charge in [-0.05, 0) is 34.9 Å². The van der Waals surface area contributed by atoms with Crippen molar-refractivity contribution in [2.45, 2.75) is 46.5 Å². The average Bonchev–Trinajstić information content (AvgIpc) is 2.33. The molecule has 4 nitrogen and oxygen atoms in total. The Morgan fingerprint density at radius 2 is 1.81 bits per heavy atom. The van der Waals surface area contributed by atoms with E-state index in [-0.39, 0.29) is 23.2 Å². The molecule has 21 heavy (non-hydrogen) atoms. The fourth-order valence-electron chi connectivity index (χ4n) is 2.79. The number of benzene rings is 1. The van der Waals surface area contributed by atoms with Crippen molar-refractivity contribution in [3.8, 4) is 5.75 Å². The molecule has 0 radical (unpaired) electrons. The molecule has 0 fully saturated rings. The van der Waals surface area contributed by atoms with Crippen molar-refractivity contribution in [2.75, 3.05) is 13.9 Å². The minimum atomic E-state index is -0.991. The van der Waals surface area contributed by atoms with Gasteiger partial charge in [0, 0.05) is 7.11 Å². The summed E-state index contributed by atoms with van der Waals surface area (Å²) in [5.41, 5.74) is 1.23. The third-order valence-electron chi connectivity index (χ3n) is 3.30. The number of carbonyl (C=O) groups is 1. The van der Waals surface area contributed by atoms with Gasteiger partial charge in [0.15, 0.2) is 6.79 Å². The SMILES string of the molecule is COCOc1ccc(C(C)(C)CC(C)(C)C)cc1C(=O)O. The van der Waals surface area contributed by atoms with E-state index in [1.165, 1.54) is 7.11 Å². The molecule has 118 valence electrons. The Hall–Kier alpha value is -1.55. The van der Waals surface area contributed by atoms with Crippen molar-refractivity contribution in [1.29, 1.82) is 0 Å². The highest BCUT2D eigenvalue weighted by Crippen LogP contribution is 2.37. The maximum absolute atomic E-state index is 11.4. The van der Waals surface area contributed by atoms with Gasteiger partial charge in [0.05, 0.1) is 0 Å². The van der Waals surface area contributed by atoms with Gasteiger partial charge >= 0.3 is 5.97 Å². The number of hydrogen-bond donors (Lipinski definition) is 1. The van der Waals surface area contributed by atoms with Gasteiger partial charge in [0.25, 0.3) is 0 Å². The molecule has 4 heteroatoms. The molecule has 0 unspecified atom stereocenters. The van der Waals surface area contributed by atoms with Crippen LogP contribution in [0.3, 0.4) is 0 Å². The molecular formula is C17H26O4. The molecule has 0 aliphatic rings. The number of methoxy groups -OCH3 is 1. The van der Waals surface area contributed by atoms with Crippen LogP contribution >= 0.6 is 0 Å². The summed E-state index contributed by atoms with van der Waals surface area (Å²) in [5.74, 6) is -0.658. The summed E-state index contributed by atoms with van der Waals surface area (Å²) in [6.45, 7) is 10.9. The van der Waals surface area contributed by atoms with Gasteiger partial charge in [0.1, 0.15) is 11.3 Å². The lowest BCUT2D eigenvalue weighted by atomic mass is 9.72. The first kappa shape index (κ1) is 17.5. The summed E-state index contributed by atoms with van der Waals surface area (Å²) in [7, 11) is 1.50. The molecule has 0 heterocycles. The summed E-state index contributed by atoms with van der Waals surface area (Å²) in [5, 5.41) is 9.37. The highest BCUT2D eigenvalue weighted by atomic mass is 16.7. The van der Waals surface area contributed by atoms with E-state index in [0.29, 0.717) is 5.75 Å². The molecule has 0 saturated heterocycles. The van der Waals surface area contributed by atoms with Crippen molar-refractivity contribution in [1.82, 2.24) is 0 Å². The fourth-order valence-corrected chi connectivity index (χ4v) is 2.79. The van der Waals surface area contributed by atoms with Crippen molar-refractivity contribution in [3.05, 3.63) is 29.3 Å². The standard InChI is InChI=1S/C17H26O4/c1-16(2,3)10-17(4,5)12-7-8-14(21-11-20-6)13(9-12)15(18)19/h7-9H,10-11H2,1-6H3,(H,18,19). The van der Waals surface area contributed by atoms with Crippen LogP contribution in [0, 0.1) is 5.41 Å². The third-order valence-corrected chi connectivity index (χ3v) is 3.30. The predicted octanol–water partition coefficient (Wildman–Crippen LogP) is 4.08. The second kappa shape index (κ2) is 6.48. The van der Waals surface area contributed by atoms with Gasteiger partial charge in [-0.1, -0.05) is 40.7 Å². The molecule has 1 aromatic rings. The minimum Gasteiger partial charge on any atom is -0.478 e. The smallest absolute Gasteiger partial charge is 0.339 e. The first-order valence-corrected chi connectivity index (χ1v) is 7.06. The van der Waals surface area contributed by atoms with Crippen molar-refractivity contribution in [2.24, 2.45) is 5.41 Å². The first-order valence-electron chi connectivity index (χ1n) is 7.06. The van der Waals surface area contributed by atoms with E-state index in [0.717, 1.165) is 12.0 Å². The second-order valence-electron chi connectivity index (χ2n) is 7.19. The summed E-state index contributed by atoms with van der Waals surface area (Å²) in [6, 6.07) is 5.35. The zero-order valence-corrected chi connectivity index (χ0v) is 13.8. The van der Waals surface area contributed by atoms with Gasteiger partial charge in [-0.2, -0.15) is 0 Å². The quantitative estimate of drug-likeness (QED) is 0.803. The lowest BCUT2D eigenvalue weighted by Gasteiger charge is -2.33. The monoisotopic (exact) mass is 294 g/mol. The van der Waals surface area contributed by atoms with Crippen LogP contribution in [0.5, 0.6) is 5.75 Å². The van der Waals surface area contributed by atoms with Gasteiger partial charge in [0.2, 0.25) is 0 Å². The Bertz CT molecular complexity index is 498. The Balaban J connectivity index is 3.15. The van der Waals surface area contributed by atoms with Crippen LogP contribution in [0.2, 0.25) is 0 Å². The van der Waals surface area contributed by atoms with E-state index in [1.807, 2.05) is 6.07 Å². The van der Waals surface area contributed by atoms with Crippen LogP contribution in [-0.2, 0) is 10.2 Å². The Labute approximate surface area is 127 Å². The molecule has 0 amide bonds. The van der Waals surface area contributed by atoms with Gasteiger partial charge in [-0.15, -0.1) is 0 Å². The second-order valence-corrected chi connectivity index (χ2v) is 7.19. The van der Waals surface area contributed by atoms with Crippen molar-refractivity contribution in [3.63, 3.8) is 0 Å². The van der Waals surface area contributed by atoms with Gasteiger partial charge in [-0.25, -0.2) is 4.79 Å². The van der Waals surface area contributed by atoms with E-state index in [2.05, 4.69) is 34.6 Å². The fraction of sp³-hybridized carbons (Fsp3) is 0.588. The Kier molecular flexibility index (Phi) is 5.40. The van der Waals surface area contributed by atoms with Crippen LogP contribution in [-0.4, -0.2) is 25.0 Å². The highest BCUT2D eigenvalue weighted by Gasteiger charge is 2.28. The van der Waals surface area contributed by atoms with E-state index in [9.17, 15) is 9.90 Å². The van der Waals surface area contributed by atoms with E-state index in [1.54, 1.807) is 12.1 Å². The summed E-state index contributed by atoms with van der Waals surface area (Å²) >= 11 is 0. The lowest BCUT2D eigenvalue weighted by Crippen LogP contribution is -2.25. The molecule has 1 N–H and O–H groups in total. The van der Waals surface area contributed by atoms with Gasteiger partial charge in [-0.3, -0.25) is 0 Å². The molecule has 0 saturated carbocycles. The first-order chi connectivity index (χ1) is 9.57. The van der Waals surface area contributed by atoms with Crippen LogP contribution in [0.25, 0.3) is 0 Å². The summed E-state index contributed by atoms with van der Waals surface area (Å²) in [6.07, 6.45) is 0.956. The predicted molar refractivity (Wildman–Crippen MR) is 83.0 cm³/mol. The third kappa shape index (κ3) is 5.05. The number of carboxylic acid groups (broad SMARTS) is 1. The largest absolute Gasteiger partial charge is 0.478 e. The normalized spacial score (nSPS) is 12.3. The zero-order valence-electron chi connectivity index (χ0n) is 13.8. The molecule has 0 atom stereocenters. The van der Waals surface area contributed by atoms with E-state index in [4.69, 9.17) is 9.47 Å². The molecule has 0 bridgehead atoms. The van der Waals surface area contributed by atoms with Crippen molar-refractivity contribution >= 4 is 5.97 Å². The van der Waals surface area contributed by atoms with Crippen LogP contribution in [0.15, 0.2) is 18.2 Å². The summed E-state index contributed by atoms with van der Waals surface area (Å²) in [4.78, 5) is 11.4. The van der Waals surface area contributed by atoms with E-state index >= 15 is 0 Å². The molecular weight excluding hydrogens is 268 g/mol. The number of hydrogen-bond acceptors (Lipinski definition) is 3. The zero-order chi connectivity index (χ0) is 16.3. The average molecular weight is 294 g/mol. The lowest BCUT2D eigenvalue weighted by molar-refractivity contribution is 0.0483. The van der Waals surface area contributed by atoms with E-state index < -0.39 is 5.97 Å². The minimum absolute atomic E-state index is 0.0327. The highest BCUT2D eigenvalue weighted by molar-refractivity contribution is 5.91. The topological polar surface area (TPSA) is 55.8 Å². The van der Waals surface area contributed by atoms with Crippen LogP contribution in [0.4, 0.5) is 0 Å². The molecule has 1 aromatic carbocycles. The van der Waals surface area contributed by atoms with Gasteiger partial charge < -0.3 is 14.6 Å². The maximum atomic E-state index is 11.4. The van der Waals surface area contributed by atoms with Crippen LogP contribution < -0.4 is 4.74 Å². The molecule has 1 rings (SSSR count). The Morgan fingerprint density at radius 3 is 2.29 bits per heavy atom. The Morgan fingerprint density at radius 1 is 1.19 bits per heavy atom.